The van der Waals surface area contributed by atoms with Crippen molar-refractivity contribution in [2.75, 3.05) is 13.1 Å². The van der Waals surface area contributed by atoms with E-state index in [4.69, 9.17) is 0 Å². The summed E-state index contributed by atoms with van der Waals surface area (Å²) in [5.74, 6) is 0. The molecule has 0 amide bonds. The fourth-order valence-electron chi connectivity index (χ4n) is 1.83. The molecule has 0 saturated heterocycles. The highest BCUT2D eigenvalue weighted by Gasteiger charge is 2.04. The van der Waals surface area contributed by atoms with Crippen molar-refractivity contribution in [3.8, 4) is 0 Å². The van der Waals surface area contributed by atoms with Crippen molar-refractivity contribution < 1.29 is 0 Å². The SMILES string of the molecule is CCCCC/C=C/n1cc(CN(CC)CC)nn1. The van der Waals surface area contributed by atoms with Crippen LogP contribution in [0.4, 0.5) is 0 Å². The van der Waals surface area contributed by atoms with Gasteiger partial charge in [0.05, 0.1) is 11.9 Å². The third-order valence-corrected chi connectivity index (χ3v) is 3.07. The Morgan fingerprint density at radius 3 is 2.67 bits per heavy atom. The molecule has 1 aromatic rings. The Bertz CT molecular complexity index is 339. The molecule has 0 aliphatic rings. The van der Waals surface area contributed by atoms with Gasteiger partial charge in [0.15, 0.2) is 0 Å². The minimum Gasteiger partial charge on any atom is -0.298 e. The van der Waals surface area contributed by atoms with E-state index in [1.165, 1.54) is 19.3 Å². The minimum atomic E-state index is 0.886. The molecule has 0 bridgehead atoms. The third-order valence-electron chi connectivity index (χ3n) is 3.07. The Labute approximate surface area is 111 Å². The maximum Gasteiger partial charge on any atom is 0.0971 e. The van der Waals surface area contributed by atoms with Crippen molar-refractivity contribution in [3.63, 3.8) is 0 Å². The van der Waals surface area contributed by atoms with Gasteiger partial charge in [0.2, 0.25) is 0 Å². The van der Waals surface area contributed by atoms with Gasteiger partial charge in [-0.15, -0.1) is 5.10 Å². The molecule has 0 saturated carbocycles. The molecular weight excluding hydrogens is 224 g/mol. The second kappa shape index (κ2) is 8.86. The van der Waals surface area contributed by atoms with Crippen LogP contribution in [0.2, 0.25) is 0 Å². The molecule has 1 aromatic heterocycles. The molecule has 0 atom stereocenters. The van der Waals surface area contributed by atoms with Gasteiger partial charge in [-0.1, -0.05) is 44.9 Å². The van der Waals surface area contributed by atoms with E-state index in [1.807, 2.05) is 17.1 Å². The van der Waals surface area contributed by atoms with Crippen LogP contribution in [0.5, 0.6) is 0 Å². The van der Waals surface area contributed by atoms with E-state index in [2.05, 4.69) is 42.1 Å². The highest BCUT2D eigenvalue weighted by Crippen LogP contribution is 2.02. The summed E-state index contributed by atoms with van der Waals surface area (Å²) in [6.07, 6.45) is 11.1. The monoisotopic (exact) mass is 250 g/mol. The molecule has 0 spiro atoms. The molecule has 0 fully saturated rings. The maximum absolute atomic E-state index is 4.19. The zero-order valence-corrected chi connectivity index (χ0v) is 12.0. The van der Waals surface area contributed by atoms with Gasteiger partial charge in [0, 0.05) is 12.7 Å². The third kappa shape index (κ3) is 5.45. The second-order valence-corrected chi connectivity index (χ2v) is 4.53. The minimum absolute atomic E-state index is 0.886. The zero-order valence-electron chi connectivity index (χ0n) is 12.0. The van der Waals surface area contributed by atoms with E-state index in [9.17, 15) is 0 Å². The van der Waals surface area contributed by atoms with Gasteiger partial charge in [-0.25, -0.2) is 4.68 Å². The van der Waals surface area contributed by atoms with Gasteiger partial charge in [-0.2, -0.15) is 0 Å². The maximum atomic E-state index is 4.19. The van der Waals surface area contributed by atoms with E-state index in [1.54, 1.807) is 0 Å². The lowest BCUT2D eigenvalue weighted by molar-refractivity contribution is 0.292. The van der Waals surface area contributed by atoms with Crippen LogP contribution in [0.15, 0.2) is 12.3 Å². The van der Waals surface area contributed by atoms with Crippen molar-refractivity contribution >= 4 is 6.20 Å². The summed E-state index contributed by atoms with van der Waals surface area (Å²) in [6, 6.07) is 0. The standard InChI is InChI=1S/C14H26N4/c1-4-7-8-9-10-11-18-13-14(15-16-18)12-17(5-2)6-3/h10-11,13H,4-9,12H2,1-3H3/b11-10+. The van der Waals surface area contributed by atoms with Crippen LogP contribution in [0.25, 0.3) is 6.20 Å². The molecule has 1 heterocycles. The summed E-state index contributed by atoms with van der Waals surface area (Å²) >= 11 is 0. The first-order valence-electron chi connectivity index (χ1n) is 7.09. The van der Waals surface area contributed by atoms with E-state index in [0.717, 1.165) is 31.7 Å². The predicted octanol–water partition coefficient (Wildman–Crippen LogP) is 3.17. The van der Waals surface area contributed by atoms with Gasteiger partial charge in [0.1, 0.15) is 0 Å². The molecule has 1 rings (SSSR count). The molecule has 102 valence electrons. The Balaban J connectivity index is 2.38. The number of rotatable bonds is 9. The summed E-state index contributed by atoms with van der Waals surface area (Å²) in [5, 5.41) is 8.30. The fraction of sp³-hybridized carbons (Fsp3) is 0.714. The lowest BCUT2D eigenvalue weighted by Gasteiger charge is -2.15. The largest absolute Gasteiger partial charge is 0.298 e. The van der Waals surface area contributed by atoms with E-state index in [0.29, 0.717) is 0 Å². The van der Waals surface area contributed by atoms with Crippen LogP contribution < -0.4 is 0 Å². The lowest BCUT2D eigenvalue weighted by Crippen LogP contribution is -2.22. The first-order chi connectivity index (χ1) is 8.80. The summed E-state index contributed by atoms with van der Waals surface area (Å²) in [4.78, 5) is 2.33. The highest BCUT2D eigenvalue weighted by atomic mass is 15.4. The normalized spacial score (nSPS) is 11.8. The number of nitrogens with zero attached hydrogens (tertiary/aromatic N) is 4. The lowest BCUT2D eigenvalue weighted by atomic mass is 10.2. The van der Waals surface area contributed by atoms with Gasteiger partial charge >= 0.3 is 0 Å². The van der Waals surface area contributed by atoms with Gasteiger partial charge in [0.25, 0.3) is 0 Å². The van der Waals surface area contributed by atoms with Crippen molar-refractivity contribution in [2.24, 2.45) is 0 Å². The van der Waals surface area contributed by atoms with Gasteiger partial charge in [-0.3, -0.25) is 4.90 Å². The number of hydrogen-bond donors (Lipinski definition) is 0. The topological polar surface area (TPSA) is 34.0 Å². The number of unbranched alkanes of at least 4 members (excludes halogenated alkanes) is 3. The Morgan fingerprint density at radius 1 is 1.22 bits per heavy atom. The molecule has 0 aromatic carbocycles. The first-order valence-corrected chi connectivity index (χ1v) is 7.09. The van der Waals surface area contributed by atoms with Crippen LogP contribution in [0.1, 0.15) is 52.1 Å². The summed E-state index contributed by atoms with van der Waals surface area (Å²) in [6.45, 7) is 9.55. The molecule has 0 N–H and O–H groups in total. The predicted molar refractivity (Wildman–Crippen MR) is 76.1 cm³/mol. The Morgan fingerprint density at radius 2 is 2.00 bits per heavy atom. The Kier molecular flexibility index (Phi) is 7.34. The first kappa shape index (κ1) is 14.9. The molecule has 0 aliphatic heterocycles. The number of hydrogen-bond acceptors (Lipinski definition) is 3. The van der Waals surface area contributed by atoms with Crippen LogP contribution in [0.3, 0.4) is 0 Å². The molecule has 18 heavy (non-hydrogen) atoms. The van der Waals surface area contributed by atoms with Crippen molar-refractivity contribution in [1.29, 1.82) is 0 Å². The van der Waals surface area contributed by atoms with Crippen molar-refractivity contribution in [1.82, 2.24) is 19.9 Å². The van der Waals surface area contributed by atoms with Crippen molar-refractivity contribution in [2.45, 2.75) is 53.0 Å². The summed E-state index contributed by atoms with van der Waals surface area (Å²) in [5.41, 5.74) is 1.04. The molecule has 0 radical (unpaired) electrons. The van der Waals surface area contributed by atoms with Crippen molar-refractivity contribution in [3.05, 3.63) is 18.0 Å². The second-order valence-electron chi connectivity index (χ2n) is 4.53. The molecular formula is C14H26N4. The smallest absolute Gasteiger partial charge is 0.0971 e. The van der Waals surface area contributed by atoms with Gasteiger partial charge in [-0.05, 0) is 25.9 Å². The molecule has 4 heteroatoms. The average molecular weight is 250 g/mol. The van der Waals surface area contributed by atoms with Gasteiger partial charge < -0.3 is 0 Å². The van der Waals surface area contributed by atoms with E-state index >= 15 is 0 Å². The van der Waals surface area contributed by atoms with Crippen LogP contribution in [-0.2, 0) is 6.54 Å². The quantitative estimate of drug-likeness (QED) is 0.631. The highest BCUT2D eigenvalue weighted by molar-refractivity contribution is 5.19. The summed E-state index contributed by atoms with van der Waals surface area (Å²) < 4.78 is 1.81. The average Bonchev–Trinajstić information content (AvgIpc) is 2.83. The van der Waals surface area contributed by atoms with Crippen LogP contribution in [-0.4, -0.2) is 33.0 Å². The molecule has 0 aliphatic carbocycles. The molecule has 0 unspecified atom stereocenters. The Hall–Kier alpha value is -1.16. The molecule has 4 nitrogen and oxygen atoms in total. The number of aromatic nitrogens is 3. The zero-order chi connectivity index (χ0) is 13.2. The van der Waals surface area contributed by atoms with E-state index in [-0.39, 0.29) is 0 Å². The number of allylic oxidation sites excluding steroid dienone is 1. The van der Waals surface area contributed by atoms with Crippen LogP contribution >= 0.6 is 0 Å². The summed E-state index contributed by atoms with van der Waals surface area (Å²) in [7, 11) is 0. The fourth-order valence-corrected chi connectivity index (χ4v) is 1.83. The van der Waals surface area contributed by atoms with Crippen LogP contribution in [0, 0.1) is 0 Å². The van der Waals surface area contributed by atoms with E-state index < -0.39 is 0 Å².